The first-order chi connectivity index (χ1) is 8.49. The van der Waals surface area contributed by atoms with Crippen molar-refractivity contribution < 1.29 is 4.79 Å². The molecular formula is C15H18BrClO. The van der Waals surface area contributed by atoms with Crippen LogP contribution in [0.25, 0.3) is 0 Å². The van der Waals surface area contributed by atoms with Gasteiger partial charge in [0.1, 0.15) is 0 Å². The Hall–Kier alpha value is -0.340. The SMILES string of the molecule is CC1CCC(C(=O)c2ccc(Br)c(Cl)c2)CC1C. The number of hydrogen-bond donors (Lipinski definition) is 0. The fourth-order valence-corrected chi connectivity index (χ4v) is 3.10. The molecule has 1 fully saturated rings. The molecule has 1 nitrogen and oxygen atoms in total. The van der Waals surface area contributed by atoms with Crippen LogP contribution in [0.2, 0.25) is 5.02 Å². The summed E-state index contributed by atoms with van der Waals surface area (Å²) in [6.45, 7) is 4.53. The Morgan fingerprint density at radius 1 is 1.28 bits per heavy atom. The summed E-state index contributed by atoms with van der Waals surface area (Å²) in [5.41, 5.74) is 0.745. The summed E-state index contributed by atoms with van der Waals surface area (Å²) < 4.78 is 0.839. The molecule has 1 aromatic rings. The zero-order valence-corrected chi connectivity index (χ0v) is 13.1. The third-order valence-corrected chi connectivity index (χ3v) is 5.41. The van der Waals surface area contributed by atoms with E-state index < -0.39 is 0 Å². The van der Waals surface area contributed by atoms with Crippen molar-refractivity contribution in [2.45, 2.75) is 33.1 Å². The van der Waals surface area contributed by atoms with Crippen LogP contribution in [0.1, 0.15) is 43.5 Å². The van der Waals surface area contributed by atoms with Gasteiger partial charge in [0, 0.05) is 16.0 Å². The lowest BCUT2D eigenvalue weighted by molar-refractivity contribution is 0.0837. The van der Waals surface area contributed by atoms with E-state index in [1.54, 1.807) is 6.07 Å². The van der Waals surface area contributed by atoms with Gasteiger partial charge in [-0.2, -0.15) is 0 Å². The van der Waals surface area contributed by atoms with Crippen LogP contribution < -0.4 is 0 Å². The summed E-state index contributed by atoms with van der Waals surface area (Å²) in [7, 11) is 0. The second kappa shape index (κ2) is 5.75. The number of Topliss-reactive ketones (excluding diaryl/α,β-unsaturated/α-hetero) is 1. The molecule has 0 heterocycles. The van der Waals surface area contributed by atoms with E-state index in [2.05, 4.69) is 29.8 Å². The molecule has 3 unspecified atom stereocenters. The second-order valence-corrected chi connectivity index (χ2v) is 6.72. The van der Waals surface area contributed by atoms with Crippen molar-refractivity contribution in [1.29, 1.82) is 0 Å². The van der Waals surface area contributed by atoms with Crippen LogP contribution in [0.3, 0.4) is 0 Å². The topological polar surface area (TPSA) is 17.1 Å². The molecule has 0 radical (unpaired) electrons. The predicted molar refractivity (Wildman–Crippen MR) is 79.2 cm³/mol. The van der Waals surface area contributed by atoms with Gasteiger partial charge in [-0.15, -0.1) is 0 Å². The van der Waals surface area contributed by atoms with Crippen LogP contribution in [-0.4, -0.2) is 5.78 Å². The van der Waals surface area contributed by atoms with Gasteiger partial charge in [-0.25, -0.2) is 0 Å². The van der Waals surface area contributed by atoms with Gasteiger partial charge in [-0.1, -0.05) is 31.5 Å². The van der Waals surface area contributed by atoms with Crippen molar-refractivity contribution in [2.75, 3.05) is 0 Å². The summed E-state index contributed by atoms with van der Waals surface area (Å²) in [5, 5.41) is 0.609. The first kappa shape index (κ1) is 14.1. The Balaban J connectivity index is 2.14. The minimum atomic E-state index is 0.174. The third kappa shape index (κ3) is 2.97. The van der Waals surface area contributed by atoms with Gasteiger partial charge in [-0.05, 0) is 59.2 Å². The Kier molecular flexibility index (Phi) is 4.50. The largest absolute Gasteiger partial charge is 0.294 e. The molecule has 0 aromatic heterocycles. The van der Waals surface area contributed by atoms with Gasteiger partial charge in [-0.3, -0.25) is 4.79 Å². The third-order valence-electron chi connectivity index (χ3n) is 4.17. The number of benzene rings is 1. The van der Waals surface area contributed by atoms with Crippen molar-refractivity contribution in [1.82, 2.24) is 0 Å². The van der Waals surface area contributed by atoms with Crippen molar-refractivity contribution in [2.24, 2.45) is 17.8 Å². The highest BCUT2D eigenvalue weighted by Gasteiger charge is 2.29. The first-order valence-corrected chi connectivity index (χ1v) is 7.65. The van der Waals surface area contributed by atoms with E-state index in [1.807, 2.05) is 12.1 Å². The van der Waals surface area contributed by atoms with Crippen molar-refractivity contribution in [3.8, 4) is 0 Å². The molecule has 0 amide bonds. The van der Waals surface area contributed by atoms with Crippen LogP contribution in [0.4, 0.5) is 0 Å². The highest BCUT2D eigenvalue weighted by molar-refractivity contribution is 9.10. The lowest BCUT2D eigenvalue weighted by atomic mass is 9.73. The highest BCUT2D eigenvalue weighted by Crippen LogP contribution is 2.35. The summed E-state index contributed by atoms with van der Waals surface area (Å²) in [6.07, 6.45) is 3.17. The van der Waals surface area contributed by atoms with E-state index in [-0.39, 0.29) is 11.7 Å². The van der Waals surface area contributed by atoms with Crippen molar-refractivity contribution in [3.63, 3.8) is 0 Å². The van der Waals surface area contributed by atoms with Crippen LogP contribution >= 0.6 is 27.5 Å². The predicted octanol–water partition coefficient (Wildman–Crippen LogP) is 5.36. The van der Waals surface area contributed by atoms with E-state index >= 15 is 0 Å². The summed E-state index contributed by atoms with van der Waals surface area (Å²) in [6, 6.07) is 5.49. The van der Waals surface area contributed by atoms with Crippen molar-refractivity contribution >= 4 is 33.3 Å². The number of halogens is 2. The first-order valence-electron chi connectivity index (χ1n) is 6.48. The minimum absolute atomic E-state index is 0.174. The zero-order chi connectivity index (χ0) is 13.3. The number of ketones is 1. The van der Waals surface area contributed by atoms with Gasteiger partial charge in [0.05, 0.1) is 5.02 Å². The molecule has 0 bridgehead atoms. The molecule has 18 heavy (non-hydrogen) atoms. The summed E-state index contributed by atoms with van der Waals surface area (Å²) in [5.74, 6) is 1.80. The molecule has 2 rings (SSSR count). The molecule has 0 N–H and O–H groups in total. The Morgan fingerprint density at radius 2 is 2.00 bits per heavy atom. The zero-order valence-electron chi connectivity index (χ0n) is 10.7. The Morgan fingerprint density at radius 3 is 2.61 bits per heavy atom. The lowest BCUT2D eigenvalue weighted by Gasteiger charge is -2.31. The maximum Gasteiger partial charge on any atom is 0.166 e. The van der Waals surface area contributed by atoms with E-state index in [0.29, 0.717) is 10.9 Å². The quantitative estimate of drug-likeness (QED) is 0.668. The molecule has 98 valence electrons. The number of carbonyl (C=O) groups excluding carboxylic acids is 1. The number of carbonyl (C=O) groups is 1. The van der Waals surface area contributed by atoms with E-state index in [1.165, 1.54) is 0 Å². The molecule has 0 saturated heterocycles. The minimum Gasteiger partial charge on any atom is -0.294 e. The van der Waals surface area contributed by atoms with Crippen LogP contribution in [0.15, 0.2) is 22.7 Å². The lowest BCUT2D eigenvalue weighted by Crippen LogP contribution is -2.26. The fourth-order valence-electron chi connectivity index (χ4n) is 2.67. The average Bonchev–Trinajstić information content (AvgIpc) is 2.35. The summed E-state index contributed by atoms with van der Waals surface area (Å²) >= 11 is 9.40. The normalized spacial score (nSPS) is 28.1. The van der Waals surface area contributed by atoms with Crippen LogP contribution in [0, 0.1) is 17.8 Å². The van der Waals surface area contributed by atoms with E-state index in [0.717, 1.165) is 35.2 Å². The van der Waals surface area contributed by atoms with Crippen LogP contribution in [-0.2, 0) is 0 Å². The maximum atomic E-state index is 12.4. The Labute approximate surface area is 122 Å². The van der Waals surface area contributed by atoms with Gasteiger partial charge >= 0.3 is 0 Å². The van der Waals surface area contributed by atoms with Gasteiger partial charge in [0.25, 0.3) is 0 Å². The van der Waals surface area contributed by atoms with Gasteiger partial charge in [0.15, 0.2) is 5.78 Å². The molecular weight excluding hydrogens is 312 g/mol. The monoisotopic (exact) mass is 328 g/mol. The van der Waals surface area contributed by atoms with E-state index in [9.17, 15) is 4.79 Å². The van der Waals surface area contributed by atoms with E-state index in [4.69, 9.17) is 11.6 Å². The second-order valence-electron chi connectivity index (χ2n) is 5.46. The highest BCUT2D eigenvalue weighted by atomic mass is 79.9. The van der Waals surface area contributed by atoms with Crippen LogP contribution in [0.5, 0.6) is 0 Å². The number of rotatable bonds is 2. The van der Waals surface area contributed by atoms with Crippen molar-refractivity contribution in [3.05, 3.63) is 33.3 Å². The number of hydrogen-bond acceptors (Lipinski definition) is 1. The molecule has 0 aliphatic heterocycles. The fraction of sp³-hybridized carbons (Fsp3) is 0.533. The molecule has 1 aromatic carbocycles. The molecule has 1 aliphatic rings. The smallest absolute Gasteiger partial charge is 0.166 e. The standard InChI is InChI=1S/C15H18BrClO/c1-9-3-4-11(7-10(9)2)15(18)12-5-6-13(16)14(17)8-12/h5-6,8-11H,3-4,7H2,1-2H3. The molecule has 1 saturated carbocycles. The summed E-state index contributed by atoms with van der Waals surface area (Å²) in [4.78, 5) is 12.4. The van der Waals surface area contributed by atoms with Gasteiger partial charge < -0.3 is 0 Å². The average molecular weight is 330 g/mol. The van der Waals surface area contributed by atoms with Gasteiger partial charge in [0.2, 0.25) is 0 Å². The molecule has 1 aliphatic carbocycles. The molecule has 0 spiro atoms. The molecule has 3 atom stereocenters. The maximum absolute atomic E-state index is 12.4. The molecule has 3 heteroatoms. The Bertz CT molecular complexity index is 458.